The molecule has 0 radical (unpaired) electrons. The molecular weight excluding hydrogens is 811 g/mol. The highest BCUT2D eigenvalue weighted by Gasteiger charge is 2.41. The molecule has 1 aromatic heterocycles. The van der Waals surface area contributed by atoms with E-state index >= 15 is 0 Å². The lowest BCUT2D eigenvalue weighted by Crippen LogP contribution is -2.54. The van der Waals surface area contributed by atoms with Crippen molar-refractivity contribution in [2.45, 2.75) is 115 Å². The molecule has 0 spiro atoms. The Morgan fingerprint density at radius 3 is 1.81 bits per heavy atom. The molecule has 2 bridgehead atoms. The fourth-order valence-corrected chi connectivity index (χ4v) is 10.5. The third-order valence-corrected chi connectivity index (χ3v) is 13.8. The lowest BCUT2D eigenvalue weighted by atomic mass is 9.63. The van der Waals surface area contributed by atoms with E-state index in [4.69, 9.17) is 14.5 Å². The number of nitrogens with one attached hydrogen (secondary N) is 4. The van der Waals surface area contributed by atoms with E-state index in [0.717, 1.165) is 53.9 Å². The highest BCUT2D eigenvalue weighted by molar-refractivity contribution is 5.99. The number of hydrogen-bond donors (Lipinski definition) is 4. The van der Waals surface area contributed by atoms with Gasteiger partial charge in [0.15, 0.2) is 0 Å². The Morgan fingerprint density at radius 2 is 1.22 bits per heavy atom. The first-order valence-electron chi connectivity index (χ1n) is 22.9. The molecule has 2 aliphatic heterocycles. The number of hydrogen-bond acceptors (Lipinski definition) is 8. The highest BCUT2D eigenvalue weighted by atomic mass is 16.5. The van der Waals surface area contributed by atoms with Gasteiger partial charge < -0.3 is 40.2 Å². The van der Waals surface area contributed by atoms with Crippen LogP contribution in [0.5, 0.6) is 0 Å². The van der Waals surface area contributed by atoms with Gasteiger partial charge in [0, 0.05) is 18.8 Å². The Labute approximate surface area is 375 Å². The summed E-state index contributed by atoms with van der Waals surface area (Å²) in [5.74, 6) is 0.695. The molecular formula is C50H61N7O7. The van der Waals surface area contributed by atoms with E-state index in [1.165, 1.54) is 49.3 Å². The summed E-state index contributed by atoms with van der Waals surface area (Å²) in [5, 5.41) is 8.49. The van der Waals surface area contributed by atoms with Crippen LogP contribution in [0.4, 0.5) is 15.3 Å². The van der Waals surface area contributed by atoms with Gasteiger partial charge in [0.05, 0.1) is 32.2 Å². The van der Waals surface area contributed by atoms with Gasteiger partial charge in [-0.15, -0.1) is 0 Å². The molecule has 4 atom stereocenters. The first kappa shape index (κ1) is 44.4. The Balaban J connectivity index is 1.01. The van der Waals surface area contributed by atoms with Gasteiger partial charge in [-0.25, -0.2) is 14.6 Å². The number of carbonyl (C=O) groups is 5. The summed E-state index contributed by atoms with van der Waals surface area (Å²) in [6, 6.07) is 18.8. The summed E-state index contributed by atoms with van der Waals surface area (Å²) in [6.45, 7) is 8.57. The van der Waals surface area contributed by atoms with Gasteiger partial charge in [0.1, 0.15) is 23.9 Å². The van der Waals surface area contributed by atoms with E-state index in [1.54, 1.807) is 4.90 Å². The maximum atomic E-state index is 13.8. The molecule has 0 unspecified atom stereocenters. The zero-order chi connectivity index (χ0) is 45.2. The maximum Gasteiger partial charge on any atom is 0.407 e. The Morgan fingerprint density at radius 1 is 0.672 bits per heavy atom. The van der Waals surface area contributed by atoms with Gasteiger partial charge in [0.2, 0.25) is 17.7 Å². The Bertz CT molecular complexity index is 2380. The summed E-state index contributed by atoms with van der Waals surface area (Å²) in [4.78, 5) is 76.9. The van der Waals surface area contributed by atoms with Crippen molar-refractivity contribution in [1.82, 2.24) is 30.4 Å². The zero-order valence-electron chi connectivity index (χ0n) is 37.7. The molecule has 3 fully saturated rings. The molecule has 5 aliphatic rings. The van der Waals surface area contributed by atoms with E-state index in [2.05, 4.69) is 63.4 Å². The van der Waals surface area contributed by atoms with Crippen LogP contribution in [-0.2, 0) is 23.9 Å². The van der Waals surface area contributed by atoms with E-state index in [1.807, 2.05) is 57.0 Å². The number of benzene rings is 3. The lowest BCUT2D eigenvalue weighted by molar-refractivity contribution is -0.139. The molecule has 4 aromatic rings. The van der Waals surface area contributed by atoms with Crippen molar-refractivity contribution in [3.8, 4) is 33.5 Å². The summed E-state index contributed by atoms with van der Waals surface area (Å²) in [7, 11) is 2.56. The highest BCUT2D eigenvalue weighted by Crippen LogP contribution is 2.55. The fraction of sp³-hybridized carbons (Fsp3) is 0.480. The number of imidazole rings is 1. The number of aromatic amines is 1. The number of rotatable bonds is 12. The van der Waals surface area contributed by atoms with Crippen molar-refractivity contribution in [3.05, 3.63) is 83.8 Å². The molecule has 5 amide bonds. The summed E-state index contributed by atoms with van der Waals surface area (Å²) in [6.07, 6.45) is 8.04. The third-order valence-electron chi connectivity index (χ3n) is 13.8. The Hall–Kier alpha value is -6.18. The molecule has 2 saturated heterocycles. The summed E-state index contributed by atoms with van der Waals surface area (Å²) < 4.78 is 9.55. The number of H-pyrrole nitrogens is 1. The number of aromatic nitrogens is 2. The molecule has 64 heavy (non-hydrogen) atoms. The minimum atomic E-state index is -0.798. The van der Waals surface area contributed by atoms with Gasteiger partial charge in [-0.3, -0.25) is 14.4 Å². The van der Waals surface area contributed by atoms with Crippen molar-refractivity contribution in [1.29, 1.82) is 0 Å². The number of nitrogens with zero attached hydrogens (tertiary/aromatic N) is 3. The van der Waals surface area contributed by atoms with Gasteiger partial charge in [-0.05, 0) is 126 Å². The molecule has 3 aromatic carbocycles. The molecule has 3 heterocycles. The van der Waals surface area contributed by atoms with E-state index in [0.29, 0.717) is 43.5 Å². The van der Waals surface area contributed by atoms with Crippen LogP contribution < -0.4 is 16.0 Å². The fourth-order valence-electron chi connectivity index (χ4n) is 10.5. The number of anilines is 1. The molecule has 3 aliphatic carbocycles. The molecule has 4 N–H and O–H groups in total. The quantitative estimate of drug-likeness (QED) is 0.110. The number of methoxy groups -OCH3 is 2. The van der Waals surface area contributed by atoms with Gasteiger partial charge in [0.25, 0.3) is 0 Å². The number of fused-ring (bicyclic) bond motifs is 2. The second-order valence-electron chi connectivity index (χ2n) is 18.5. The van der Waals surface area contributed by atoms with Crippen LogP contribution >= 0.6 is 0 Å². The number of amides is 5. The monoisotopic (exact) mass is 871 g/mol. The lowest BCUT2D eigenvalue weighted by Gasteiger charge is -2.41. The Kier molecular flexibility index (Phi) is 13.1. The van der Waals surface area contributed by atoms with E-state index in [-0.39, 0.29) is 35.6 Å². The summed E-state index contributed by atoms with van der Waals surface area (Å²) >= 11 is 0. The van der Waals surface area contributed by atoms with Crippen LogP contribution in [0.3, 0.4) is 0 Å². The predicted octanol–water partition coefficient (Wildman–Crippen LogP) is 8.52. The minimum Gasteiger partial charge on any atom is -0.453 e. The molecule has 14 nitrogen and oxygen atoms in total. The summed E-state index contributed by atoms with van der Waals surface area (Å²) in [5.41, 5.74) is 10.0. The first-order chi connectivity index (χ1) is 30.9. The smallest absolute Gasteiger partial charge is 0.407 e. The van der Waals surface area contributed by atoms with Gasteiger partial charge in [-0.2, -0.15) is 0 Å². The van der Waals surface area contributed by atoms with Crippen molar-refractivity contribution >= 4 is 35.6 Å². The molecule has 14 heteroatoms. The second kappa shape index (κ2) is 18.9. The van der Waals surface area contributed by atoms with Crippen molar-refractivity contribution in [3.63, 3.8) is 0 Å². The number of alkyl carbamates (subject to hydrolysis) is 2. The molecule has 338 valence electrons. The van der Waals surface area contributed by atoms with Crippen LogP contribution in [0.25, 0.3) is 33.5 Å². The van der Waals surface area contributed by atoms with Crippen LogP contribution in [0.2, 0.25) is 0 Å². The van der Waals surface area contributed by atoms with Gasteiger partial charge >= 0.3 is 12.2 Å². The predicted molar refractivity (Wildman–Crippen MR) is 244 cm³/mol. The average Bonchev–Trinajstić information content (AvgIpc) is 4.12. The minimum absolute atomic E-state index is 0.112. The van der Waals surface area contributed by atoms with Crippen LogP contribution in [0.15, 0.2) is 66.9 Å². The zero-order valence-corrected chi connectivity index (χ0v) is 37.7. The first-order valence-corrected chi connectivity index (χ1v) is 22.9. The van der Waals surface area contributed by atoms with Crippen LogP contribution in [0, 0.1) is 11.8 Å². The number of ether oxygens (including phenoxy) is 2. The third kappa shape index (κ3) is 8.83. The molecule has 1 saturated carbocycles. The average molecular weight is 872 g/mol. The maximum absolute atomic E-state index is 13.8. The van der Waals surface area contributed by atoms with E-state index in [9.17, 15) is 24.0 Å². The van der Waals surface area contributed by atoms with Crippen molar-refractivity contribution in [2.24, 2.45) is 11.8 Å². The number of likely N-dealkylation sites (tertiary alicyclic amines) is 2. The topological polar surface area (TPSA) is 175 Å². The SMILES string of the molecule is COC(=O)N[C@H](C(=O)N1CCC[C@H]1C(=O)Nc1cccc(-c2ccc(-c3ccc(-c4cnc([C@@H]5CCCN5C(=O)[C@@H](NC(=O)OC)C(C)C)[nH]4)cc3)c3c2C2CCC3CC2)c1)C(C)C. The van der Waals surface area contributed by atoms with Crippen molar-refractivity contribution in [2.75, 3.05) is 32.6 Å². The van der Waals surface area contributed by atoms with Gasteiger partial charge in [-0.1, -0.05) is 76.2 Å². The second-order valence-corrected chi connectivity index (χ2v) is 18.5. The molecule has 9 rings (SSSR count). The van der Waals surface area contributed by atoms with E-state index < -0.39 is 30.3 Å². The van der Waals surface area contributed by atoms with Crippen LogP contribution in [-0.4, -0.2) is 95.1 Å². The normalized spacial score (nSPS) is 21.1. The van der Waals surface area contributed by atoms with Crippen molar-refractivity contribution < 1.29 is 33.4 Å². The standard InChI is InChI=1S/C50H61N7O7/c1-28(2)43(54-49(61)63-5)47(59)56-24-8-12-39(56)45-51-27-38(53-45)31-16-14-30(15-17-31)36-22-23-37(42-33-20-18-32(19-21-33)41(36)42)34-10-7-11-35(26-34)52-46(58)40-13-9-25-57(40)48(60)44(29(3)4)55-50(62)64-6/h7,10-11,14-17,22-23,26-29,32-33,39-40,43-44H,8-9,12-13,18-21,24-25H2,1-6H3,(H,51,53)(H,52,58)(H,54,61)(H,55,62)/t32?,33?,39-,40-,43-,44-/m0/s1. The number of carbonyl (C=O) groups excluding carboxylic acids is 5. The largest absolute Gasteiger partial charge is 0.453 e. The van der Waals surface area contributed by atoms with Crippen LogP contribution in [0.1, 0.15) is 114 Å².